The normalized spacial score (nSPS) is 22.2. The Morgan fingerprint density at radius 2 is 2.10 bits per heavy atom. The molecule has 1 fully saturated rings. The highest BCUT2D eigenvalue weighted by molar-refractivity contribution is 5.62. The fraction of sp³-hybridized carbons (Fsp3) is 0.400. The average Bonchev–Trinajstić information content (AvgIpc) is 3.10. The van der Waals surface area contributed by atoms with Gasteiger partial charge in [0.25, 0.3) is 0 Å². The van der Waals surface area contributed by atoms with Crippen LogP contribution in [0.5, 0.6) is 0 Å². The lowest BCUT2D eigenvalue weighted by atomic mass is 10.1. The molecule has 2 aromatic rings. The van der Waals surface area contributed by atoms with Gasteiger partial charge in [-0.25, -0.2) is 0 Å². The SMILES string of the molecule is OC1CNCC1CNCc1cn[nH]c1-c1ccccc1. The monoisotopic (exact) mass is 272 g/mol. The van der Waals surface area contributed by atoms with Crippen molar-refractivity contribution in [2.45, 2.75) is 12.6 Å². The van der Waals surface area contributed by atoms with Crippen molar-refractivity contribution in [3.05, 3.63) is 42.1 Å². The van der Waals surface area contributed by atoms with Crippen LogP contribution < -0.4 is 10.6 Å². The molecule has 2 unspecified atom stereocenters. The summed E-state index contributed by atoms with van der Waals surface area (Å²) in [6.45, 7) is 3.15. The maximum atomic E-state index is 9.76. The summed E-state index contributed by atoms with van der Waals surface area (Å²) in [6.07, 6.45) is 1.62. The van der Waals surface area contributed by atoms with Gasteiger partial charge < -0.3 is 15.7 Å². The van der Waals surface area contributed by atoms with Gasteiger partial charge in [-0.15, -0.1) is 0 Å². The predicted octanol–water partition coefficient (Wildman–Crippen LogP) is 0.747. The number of nitrogens with zero attached hydrogens (tertiary/aromatic N) is 1. The molecule has 1 aromatic carbocycles. The minimum absolute atomic E-state index is 0.236. The van der Waals surface area contributed by atoms with E-state index in [1.165, 1.54) is 0 Å². The number of rotatable bonds is 5. The molecule has 0 amide bonds. The van der Waals surface area contributed by atoms with Gasteiger partial charge in [-0.1, -0.05) is 30.3 Å². The lowest BCUT2D eigenvalue weighted by Crippen LogP contribution is -2.30. The minimum atomic E-state index is -0.236. The molecule has 106 valence electrons. The van der Waals surface area contributed by atoms with Crippen LogP contribution in [0.25, 0.3) is 11.3 Å². The van der Waals surface area contributed by atoms with E-state index in [0.717, 1.165) is 36.5 Å². The Hall–Kier alpha value is -1.69. The number of aliphatic hydroxyl groups is 1. The first-order chi connectivity index (χ1) is 9.84. The van der Waals surface area contributed by atoms with E-state index in [4.69, 9.17) is 0 Å². The number of benzene rings is 1. The minimum Gasteiger partial charge on any atom is -0.391 e. The van der Waals surface area contributed by atoms with E-state index >= 15 is 0 Å². The van der Waals surface area contributed by atoms with Crippen LogP contribution in [-0.4, -0.2) is 41.0 Å². The number of hydrogen-bond donors (Lipinski definition) is 4. The Morgan fingerprint density at radius 3 is 2.85 bits per heavy atom. The van der Waals surface area contributed by atoms with Gasteiger partial charge in [0.1, 0.15) is 0 Å². The number of nitrogens with one attached hydrogen (secondary N) is 3. The van der Waals surface area contributed by atoms with E-state index in [0.29, 0.717) is 12.5 Å². The highest BCUT2D eigenvalue weighted by Crippen LogP contribution is 2.20. The Kier molecular flexibility index (Phi) is 4.11. The van der Waals surface area contributed by atoms with Crippen molar-refractivity contribution in [1.82, 2.24) is 20.8 Å². The number of hydrogen-bond acceptors (Lipinski definition) is 4. The molecule has 1 saturated heterocycles. The maximum absolute atomic E-state index is 9.76. The van der Waals surface area contributed by atoms with Crippen LogP contribution in [0.15, 0.2) is 36.5 Å². The summed E-state index contributed by atoms with van der Waals surface area (Å²) in [7, 11) is 0. The van der Waals surface area contributed by atoms with Crippen molar-refractivity contribution in [1.29, 1.82) is 0 Å². The Balaban J connectivity index is 1.60. The number of β-amino-alcohol motifs (C(OH)–C–C–N with tert-alkyl or cyclic N) is 1. The van der Waals surface area contributed by atoms with Crippen LogP contribution in [0.1, 0.15) is 5.56 Å². The van der Waals surface area contributed by atoms with Crippen LogP contribution in [-0.2, 0) is 6.54 Å². The molecule has 4 N–H and O–H groups in total. The van der Waals surface area contributed by atoms with Crippen molar-refractivity contribution in [3.8, 4) is 11.3 Å². The number of aliphatic hydroxyl groups excluding tert-OH is 1. The second-order valence-electron chi connectivity index (χ2n) is 5.25. The van der Waals surface area contributed by atoms with Gasteiger partial charge >= 0.3 is 0 Å². The summed E-state index contributed by atoms with van der Waals surface area (Å²) < 4.78 is 0. The summed E-state index contributed by atoms with van der Waals surface area (Å²) in [5.74, 6) is 0.294. The molecule has 2 atom stereocenters. The van der Waals surface area contributed by atoms with Gasteiger partial charge in [-0.3, -0.25) is 5.10 Å². The molecule has 0 spiro atoms. The number of aromatic nitrogens is 2. The van der Waals surface area contributed by atoms with E-state index in [9.17, 15) is 5.11 Å². The smallest absolute Gasteiger partial charge is 0.0716 e. The topological polar surface area (TPSA) is 73.0 Å². The van der Waals surface area contributed by atoms with Crippen LogP contribution in [0.3, 0.4) is 0 Å². The van der Waals surface area contributed by atoms with E-state index in [1.54, 1.807) is 0 Å². The van der Waals surface area contributed by atoms with E-state index < -0.39 is 0 Å². The molecular weight excluding hydrogens is 252 g/mol. The first-order valence-electron chi connectivity index (χ1n) is 7.02. The average molecular weight is 272 g/mol. The molecule has 5 nitrogen and oxygen atoms in total. The largest absolute Gasteiger partial charge is 0.391 e. The molecule has 0 radical (unpaired) electrons. The number of H-pyrrole nitrogens is 1. The van der Waals surface area contributed by atoms with Crippen LogP contribution in [0, 0.1) is 5.92 Å². The van der Waals surface area contributed by atoms with Crippen molar-refractivity contribution in [2.24, 2.45) is 5.92 Å². The molecule has 3 rings (SSSR count). The third-order valence-corrected chi connectivity index (χ3v) is 3.81. The van der Waals surface area contributed by atoms with Gasteiger partial charge in [-0.05, 0) is 5.56 Å². The van der Waals surface area contributed by atoms with Crippen LogP contribution in [0.4, 0.5) is 0 Å². The summed E-state index contributed by atoms with van der Waals surface area (Å²) in [4.78, 5) is 0. The van der Waals surface area contributed by atoms with Gasteiger partial charge in [0.15, 0.2) is 0 Å². The van der Waals surface area contributed by atoms with Gasteiger partial charge in [0.05, 0.1) is 18.0 Å². The molecule has 20 heavy (non-hydrogen) atoms. The van der Waals surface area contributed by atoms with E-state index in [2.05, 4.69) is 33.0 Å². The molecule has 0 saturated carbocycles. The van der Waals surface area contributed by atoms with Crippen molar-refractivity contribution >= 4 is 0 Å². The second-order valence-corrected chi connectivity index (χ2v) is 5.25. The molecule has 0 aliphatic carbocycles. The number of aromatic amines is 1. The standard InChI is InChI=1S/C15H20N4O/c20-14-10-17-7-12(14)6-16-8-13-9-18-19-15(13)11-4-2-1-3-5-11/h1-5,9,12,14,16-17,20H,6-8,10H2,(H,18,19). The fourth-order valence-corrected chi connectivity index (χ4v) is 2.62. The highest BCUT2D eigenvalue weighted by atomic mass is 16.3. The maximum Gasteiger partial charge on any atom is 0.0716 e. The summed E-state index contributed by atoms with van der Waals surface area (Å²) in [6, 6.07) is 10.2. The molecule has 0 bridgehead atoms. The first kappa shape index (κ1) is 13.3. The predicted molar refractivity (Wildman–Crippen MR) is 78.1 cm³/mol. The Labute approximate surface area is 118 Å². The molecular formula is C15H20N4O. The quantitative estimate of drug-likeness (QED) is 0.648. The van der Waals surface area contributed by atoms with Gasteiger partial charge in [-0.2, -0.15) is 5.10 Å². The summed E-state index contributed by atoms with van der Waals surface area (Å²) in [5, 5.41) is 23.6. The van der Waals surface area contributed by atoms with Gasteiger partial charge in [0, 0.05) is 37.7 Å². The lowest BCUT2D eigenvalue weighted by Gasteiger charge is -2.14. The molecule has 5 heteroatoms. The summed E-state index contributed by atoms with van der Waals surface area (Å²) in [5.41, 5.74) is 3.35. The second kappa shape index (κ2) is 6.17. The molecule has 1 aliphatic rings. The van der Waals surface area contributed by atoms with Crippen LogP contribution in [0.2, 0.25) is 0 Å². The Bertz CT molecular complexity index is 540. The lowest BCUT2D eigenvalue weighted by molar-refractivity contribution is 0.146. The molecule has 2 heterocycles. The van der Waals surface area contributed by atoms with Crippen molar-refractivity contribution in [2.75, 3.05) is 19.6 Å². The van der Waals surface area contributed by atoms with Crippen molar-refractivity contribution in [3.63, 3.8) is 0 Å². The molecule has 1 aliphatic heterocycles. The van der Waals surface area contributed by atoms with E-state index in [1.807, 2.05) is 24.4 Å². The van der Waals surface area contributed by atoms with Crippen LogP contribution >= 0.6 is 0 Å². The zero-order valence-corrected chi connectivity index (χ0v) is 11.3. The third kappa shape index (κ3) is 2.90. The molecule has 1 aromatic heterocycles. The third-order valence-electron chi connectivity index (χ3n) is 3.81. The zero-order valence-electron chi connectivity index (χ0n) is 11.3. The Morgan fingerprint density at radius 1 is 1.25 bits per heavy atom. The summed E-state index contributed by atoms with van der Waals surface area (Å²) >= 11 is 0. The zero-order chi connectivity index (χ0) is 13.8. The highest BCUT2D eigenvalue weighted by Gasteiger charge is 2.24. The van der Waals surface area contributed by atoms with E-state index in [-0.39, 0.29) is 6.10 Å². The first-order valence-corrected chi connectivity index (χ1v) is 7.02. The van der Waals surface area contributed by atoms with Crippen molar-refractivity contribution < 1.29 is 5.11 Å². The van der Waals surface area contributed by atoms with Gasteiger partial charge in [0.2, 0.25) is 0 Å². The fourth-order valence-electron chi connectivity index (χ4n) is 2.62.